The lowest BCUT2D eigenvalue weighted by atomic mass is 9.77. The summed E-state index contributed by atoms with van der Waals surface area (Å²) in [4.78, 5) is 25.4. The minimum Gasteiger partial charge on any atom is -0.508 e. The molecule has 6 nitrogen and oxygen atoms in total. The second-order valence-corrected chi connectivity index (χ2v) is 7.81. The highest BCUT2D eigenvalue weighted by atomic mass is 16.6. The van der Waals surface area contributed by atoms with E-state index in [0.717, 1.165) is 0 Å². The number of Topliss-reactive ketones (excluding diaryl/α,β-unsaturated/α-hetero) is 1. The predicted octanol–water partition coefficient (Wildman–Crippen LogP) is 4.50. The number of phenolic OH excluding ortho intramolecular Hbond substituents is 2. The molecule has 2 aliphatic heterocycles. The number of rotatable bonds is 2. The van der Waals surface area contributed by atoms with Gasteiger partial charge in [-0.3, -0.25) is 4.79 Å². The summed E-state index contributed by atoms with van der Waals surface area (Å²) in [5.41, 5.74) is 1.12. The first-order valence-corrected chi connectivity index (χ1v) is 9.58. The Hall–Kier alpha value is -3.80. The molecule has 0 radical (unpaired) electrons. The summed E-state index contributed by atoms with van der Waals surface area (Å²) in [6, 6.07) is 14.2. The second-order valence-electron chi connectivity index (χ2n) is 7.81. The van der Waals surface area contributed by atoms with E-state index in [-0.39, 0.29) is 23.2 Å². The number of phenols is 2. The SMILES string of the molecule is CC(C)C(=O)c1ccc2c(c1)C(=O)OC21c2ccc(O)cc2Oc2cc(O)ccc21. The fraction of sp³-hybridized carbons (Fsp3) is 0.167. The Bertz CT molecular complexity index is 1190. The first kappa shape index (κ1) is 18.2. The molecule has 0 unspecified atom stereocenters. The van der Waals surface area contributed by atoms with Crippen LogP contribution >= 0.6 is 0 Å². The van der Waals surface area contributed by atoms with Crippen LogP contribution in [0.2, 0.25) is 0 Å². The van der Waals surface area contributed by atoms with Gasteiger partial charge in [-0.2, -0.15) is 0 Å². The minimum atomic E-state index is -1.31. The smallest absolute Gasteiger partial charge is 0.340 e. The van der Waals surface area contributed by atoms with Gasteiger partial charge in [-0.15, -0.1) is 0 Å². The Morgan fingerprint density at radius 3 is 2.00 bits per heavy atom. The molecule has 0 bridgehead atoms. The number of carbonyl (C=O) groups is 2. The van der Waals surface area contributed by atoms with Crippen molar-refractivity contribution in [1.29, 1.82) is 0 Å². The summed E-state index contributed by atoms with van der Waals surface area (Å²) in [5, 5.41) is 19.9. The molecule has 2 N–H and O–H groups in total. The molecule has 30 heavy (non-hydrogen) atoms. The maximum absolute atomic E-state index is 13.0. The fourth-order valence-corrected chi connectivity index (χ4v) is 4.19. The first-order chi connectivity index (χ1) is 14.3. The zero-order valence-corrected chi connectivity index (χ0v) is 16.3. The van der Waals surface area contributed by atoms with Crippen LogP contribution in [-0.2, 0) is 10.3 Å². The Morgan fingerprint density at radius 1 is 0.867 bits per heavy atom. The molecule has 150 valence electrons. The average Bonchev–Trinajstić information content (AvgIpc) is 2.99. The van der Waals surface area contributed by atoms with Crippen molar-refractivity contribution in [3.8, 4) is 23.0 Å². The number of hydrogen-bond acceptors (Lipinski definition) is 6. The molecule has 0 aliphatic carbocycles. The van der Waals surface area contributed by atoms with Crippen molar-refractivity contribution in [3.05, 3.63) is 82.4 Å². The normalized spacial score (nSPS) is 15.2. The quantitative estimate of drug-likeness (QED) is 0.484. The van der Waals surface area contributed by atoms with Gasteiger partial charge in [-0.05, 0) is 30.3 Å². The summed E-state index contributed by atoms with van der Waals surface area (Å²) < 4.78 is 11.9. The molecule has 0 saturated carbocycles. The van der Waals surface area contributed by atoms with Gasteiger partial charge in [0, 0.05) is 40.3 Å². The van der Waals surface area contributed by atoms with Crippen LogP contribution in [0.25, 0.3) is 0 Å². The molecule has 0 atom stereocenters. The van der Waals surface area contributed by atoms with Crippen LogP contribution in [-0.4, -0.2) is 22.0 Å². The summed E-state index contributed by atoms with van der Waals surface area (Å²) >= 11 is 0. The van der Waals surface area contributed by atoms with Crippen LogP contribution in [0.5, 0.6) is 23.0 Å². The first-order valence-electron chi connectivity index (χ1n) is 9.58. The lowest BCUT2D eigenvalue weighted by Crippen LogP contribution is -2.32. The number of benzene rings is 3. The number of aromatic hydroxyl groups is 2. The molecule has 3 aromatic carbocycles. The number of ketones is 1. The van der Waals surface area contributed by atoms with Crippen LogP contribution in [0.3, 0.4) is 0 Å². The largest absolute Gasteiger partial charge is 0.508 e. The summed E-state index contributed by atoms with van der Waals surface area (Å²) in [5.74, 6) is -0.195. The third kappa shape index (κ3) is 2.37. The molecule has 0 fully saturated rings. The van der Waals surface area contributed by atoms with E-state index in [0.29, 0.717) is 39.3 Å². The zero-order valence-electron chi connectivity index (χ0n) is 16.3. The highest BCUT2D eigenvalue weighted by Crippen LogP contribution is 2.57. The highest BCUT2D eigenvalue weighted by Gasteiger charge is 2.53. The molecule has 2 aliphatic rings. The van der Waals surface area contributed by atoms with Gasteiger partial charge in [0.25, 0.3) is 0 Å². The van der Waals surface area contributed by atoms with Crippen molar-refractivity contribution >= 4 is 11.8 Å². The standard InChI is InChI=1S/C24H18O6/c1-12(2)22(27)13-3-6-17-16(9-13)23(28)30-24(17)18-7-4-14(25)10-20(18)29-21-11-15(26)5-8-19(21)24/h3-12,25-26H,1-2H3. The molecular formula is C24H18O6. The van der Waals surface area contributed by atoms with Gasteiger partial charge in [0.1, 0.15) is 23.0 Å². The minimum absolute atomic E-state index is 0.00470. The van der Waals surface area contributed by atoms with Crippen LogP contribution in [0, 0.1) is 5.92 Å². The Balaban J connectivity index is 1.81. The van der Waals surface area contributed by atoms with Crippen molar-refractivity contribution in [2.45, 2.75) is 19.4 Å². The van der Waals surface area contributed by atoms with Crippen LogP contribution < -0.4 is 4.74 Å². The van der Waals surface area contributed by atoms with Crippen LogP contribution in [0.4, 0.5) is 0 Å². The van der Waals surface area contributed by atoms with Crippen molar-refractivity contribution in [2.75, 3.05) is 0 Å². The van der Waals surface area contributed by atoms with Crippen molar-refractivity contribution in [2.24, 2.45) is 5.92 Å². The van der Waals surface area contributed by atoms with Crippen molar-refractivity contribution in [1.82, 2.24) is 0 Å². The van der Waals surface area contributed by atoms with Crippen LogP contribution in [0.1, 0.15) is 51.3 Å². The Morgan fingerprint density at radius 2 is 1.43 bits per heavy atom. The van der Waals surface area contributed by atoms with E-state index in [9.17, 15) is 19.8 Å². The molecule has 6 heteroatoms. The zero-order chi connectivity index (χ0) is 21.2. The highest BCUT2D eigenvalue weighted by molar-refractivity contribution is 6.03. The molecule has 0 aromatic heterocycles. The average molecular weight is 402 g/mol. The Kier molecular flexibility index (Phi) is 3.71. The van der Waals surface area contributed by atoms with Gasteiger partial charge in [0.15, 0.2) is 11.4 Å². The number of carbonyl (C=O) groups excluding carboxylic acids is 2. The van der Waals surface area contributed by atoms with E-state index in [4.69, 9.17) is 9.47 Å². The molecule has 3 aromatic rings. The van der Waals surface area contributed by atoms with Gasteiger partial charge in [0.2, 0.25) is 0 Å². The van der Waals surface area contributed by atoms with E-state index in [2.05, 4.69) is 0 Å². The summed E-state index contributed by atoms with van der Waals surface area (Å²) in [7, 11) is 0. The summed E-state index contributed by atoms with van der Waals surface area (Å²) in [6.07, 6.45) is 0. The van der Waals surface area contributed by atoms with Gasteiger partial charge in [-0.25, -0.2) is 4.79 Å². The number of hydrogen-bond donors (Lipinski definition) is 2. The van der Waals surface area contributed by atoms with Gasteiger partial charge in [-0.1, -0.05) is 26.0 Å². The number of esters is 1. The monoisotopic (exact) mass is 402 g/mol. The predicted molar refractivity (Wildman–Crippen MR) is 107 cm³/mol. The molecule has 0 saturated heterocycles. The van der Waals surface area contributed by atoms with Gasteiger partial charge in [0.05, 0.1) is 5.56 Å². The van der Waals surface area contributed by atoms with Crippen molar-refractivity contribution in [3.63, 3.8) is 0 Å². The number of fused-ring (bicyclic) bond motifs is 6. The van der Waals surface area contributed by atoms with E-state index in [1.54, 1.807) is 44.2 Å². The molecule has 2 heterocycles. The Labute approximate surface area is 172 Å². The van der Waals surface area contributed by atoms with E-state index in [1.165, 1.54) is 24.3 Å². The topological polar surface area (TPSA) is 93.1 Å². The molecule has 5 rings (SSSR count). The van der Waals surface area contributed by atoms with E-state index in [1.807, 2.05) is 0 Å². The third-order valence-corrected chi connectivity index (χ3v) is 5.58. The van der Waals surface area contributed by atoms with Crippen molar-refractivity contribution < 1.29 is 29.3 Å². The van der Waals surface area contributed by atoms with E-state index < -0.39 is 11.6 Å². The van der Waals surface area contributed by atoms with Gasteiger partial charge < -0.3 is 19.7 Å². The summed E-state index contributed by atoms with van der Waals surface area (Å²) in [6.45, 7) is 3.61. The fourth-order valence-electron chi connectivity index (χ4n) is 4.19. The van der Waals surface area contributed by atoms with Crippen LogP contribution in [0.15, 0.2) is 54.6 Å². The second kappa shape index (κ2) is 6.10. The van der Waals surface area contributed by atoms with E-state index >= 15 is 0 Å². The molecule has 0 amide bonds. The van der Waals surface area contributed by atoms with Gasteiger partial charge >= 0.3 is 5.97 Å². The maximum Gasteiger partial charge on any atom is 0.340 e. The maximum atomic E-state index is 13.0. The third-order valence-electron chi connectivity index (χ3n) is 5.58. The molecule has 1 spiro atoms. The lowest BCUT2D eigenvalue weighted by molar-refractivity contribution is 0.0224. The molecular weight excluding hydrogens is 384 g/mol. The number of ether oxygens (including phenoxy) is 2. The lowest BCUT2D eigenvalue weighted by Gasteiger charge is -2.36.